The summed E-state index contributed by atoms with van der Waals surface area (Å²) in [6, 6.07) is 17.4. The molecule has 0 spiro atoms. The minimum Gasteiger partial charge on any atom is -0.326 e. The maximum Gasteiger partial charge on any atom is 0.225 e. The molecule has 2 aromatic carbocycles. The van der Waals surface area contributed by atoms with Gasteiger partial charge in [-0.1, -0.05) is 49.4 Å². The summed E-state index contributed by atoms with van der Waals surface area (Å²) in [5.41, 5.74) is 3.00. The summed E-state index contributed by atoms with van der Waals surface area (Å²) in [5, 5.41) is 2.81. The summed E-state index contributed by atoms with van der Waals surface area (Å²) in [6.07, 6.45) is 2.86. The SMILES string of the molecule is CCc1ccc(NC(=O)CCN(CCc2ccccc2)S(C)(=O)=O)cc1. The number of aryl methyl sites for hydroxylation is 1. The fourth-order valence-electron chi connectivity index (χ4n) is 2.62. The van der Waals surface area contributed by atoms with Crippen LogP contribution in [0.3, 0.4) is 0 Å². The van der Waals surface area contributed by atoms with Gasteiger partial charge in [0.2, 0.25) is 15.9 Å². The van der Waals surface area contributed by atoms with Crippen LogP contribution in [-0.2, 0) is 27.7 Å². The maximum absolute atomic E-state index is 12.1. The van der Waals surface area contributed by atoms with E-state index in [1.807, 2.05) is 54.6 Å². The Morgan fingerprint density at radius 3 is 2.19 bits per heavy atom. The lowest BCUT2D eigenvalue weighted by Gasteiger charge is -2.19. The zero-order chi connectivity index (χ0) is 19.0. The highest BCUT2D eigenvalue weighted by atomic mass is 32.2. The number of hydrogen-bond donors (Lipinski definition) is 1. The third-order valence-electron chi connectivity index (χ3n) is 4.20. The van der Waals surface area contributed by atoms with E-state index in [2.05, 4.69) is 12.2 Å². The number of nitrogens with one attached hydrogen (secondary N) is 1. The fraction of sp³-hybridized carbons (Fsp3) is 0.350. The summed E-state index contributed by atoms with van der Waals surface area (Å²) < 4.78 is 25.3. The molecule has 6 heteroatoms. The van der Waals surface area contributed by atoms with Gasteiger partial charge in [0, 0.05) is 25.2 Å². The molecule has 0 aromatic heterocycles. The van der Waals surface area contributed by atoms with Gasteiger partial charge in [-0.05, 0) is 36.1 Å². The summed E-state index contributed by atoms with van der Waals surface area (Å²) in [4.78, 5) is 12.1. The second kappa shape index (κ2) is 9.50. The van der Waals surface area contributed by atoms with Gasteiger partial charge >= 0.3 is 0 Å². The van der Waals surface area contributed by atoms with Crippen LogP contribution in [0.2, 0.25) is 0 Å². The highest BCUT2D eigenvalue weighted by Crippen LogP contribution is 2.11. The Morgan fingerprint density at radius 1 is 0.962 bits per heavy atom. The smallest absolute Gasteiger partial charge is 0.225 e. The Balaban J connectivity index is 1.88. The van der Waals surface area contributed by atoms with Crippen LogP contribution in [0.25, 0.3) is 0 Å². The Hall–Kier alpha value is -2.18. The number of hydrogen-bond acceptors (Lipinski definition) is 3. The Kier molecular flexibility index (Phi) is 7.36. The first kappa shape index (κ1) is 20.1. The van der Waals surface area contributed by atoms with E-state index in [1.54, 1.807) is 0 Å². The number of nitrogens with zero attached hydrogens (tertiary/aromatic N) is 1. The van der Waals surface area contributed by atoms with Crippen LogP contribution < -0.4 is 5.32 Å². The van der Waals surface area contributed by atoms with Crippen LogP contribution in [0.4, 0.5) is 5.69 Å². The minimum absolute atomic E-state index is 0.122. The van der Waals surface area contributed by atoms with Crippen LogP contribution in [0.5, 0.6) is 0 Å². The van der Waals surface area contributed by atoms with E-state index < -0.39 is 10.0 Å². The molecule has 140 valence electrons. The van der Waals surface area contributed by atoms with E-state index in [-0.39, 0.29) is 18.9 Å². The van der Waals surface area contributed by atoms with Crippen molar-refractivity contribution in [2.45, 2.75) is 26.2 Å². The second-order valence-corrected chi connectivity index (χ2v) is 8.23. The number of sulfonamides is 1. The average molecular weight is 375 g/mol. The number of amides is 1. The molecule has 2 rings (SSSR count). The molecule has 0 saturated carbocycles. The highest BCUT2D eigenvalue weighted by Gasteiger charge is 2.17. The van der Waals surface area contributed by atoms with Crippen molar-refractivity contribution >= 4 is 21.6 Å². The van der Waals surface area contributed by atoms with Gasteiger partial charge in [-0.2, -0.15) is 0 Å². The van der Waals surface area contributed by atoms with Crippen LogP contribution >= 0.6 is 0 Å². The topological polar surface area (TPSA) is 66.5 Å². The second-order valence-electron chi connectivity index (χ2n) is 6.25. The van der Waals surface area contributed by atoms with Crippen molar-refractivity contribution in [3.05, 3.63) is 65.7 Å². The number of carbonyl (C=O) groups excluding carboxylic acids is 1. The molecule has 5 nitrogen and oxygen atoms in total. The van der Waals surface area contributed by atoms with Gasteiger partial charge in [0.25, 0.3) is 0 Å². The molecule has 2 aromatic rings. The number of carbonyl (C=O) groups is 1. The van der Waals surface area contributed by atoms with Crippen molar-refractivity contribution in [1.29, 1.82) is 0 Å². The molecule has 0 atom stereocenters. The van der Waals surface area contributed by atoms with E-state index in [1.165, 1.54) is 16.1 Å². The van der Waals surface area contributed by atoms with Crippen molar-refractivity contribution in [2.24, 2.45) is 0 Å². The molecule has 0 aliphatic rings. The van der Waals surface area contributed by atoms with Crippen LogP contribution in [0.15, 0.2) is 54.6 Å². The zero-order valence-electron chi connectivity index (χ0n) is 15.3. The third-order valence-corrected chi connectivity index (χ3v) is 5.50. The summed E-state index contributed by atoms with van der Waals surface area (Å²) in [7, 11) is -3.36. The monoisotopic (exact) mass is 374 g/mol. The van der Waals surface area contributed by atoms with Gasteiger partial charge in [-0.25, -0.2) is 12.7 Å². The van der Waals surface area contributed by atoms with Gasteiger partial charge in [0.1, 0.15) is 0 Å². The summed E-state index contributed by atoms with van der Waals surface area (Å²) in [5.74, 6) is -0.192. The van der Waals surface area contributed by atoms with Crippen molar-refractivity contribution < 1.29 is 13.2 Å². The predicted octanol–water partition coefficient (Wildman–Crippen LogP) is 3.08. The first-order valence-electron chi connectivity index (χ1n) is 8.76. The standard InChI is InChI=1S/C20H26N2O3S/c1-3-17-9-11-19(12-10-17)21-20(23)14-16-22(26(2,24)25)15-13-18-7-5-4-6-8-18/h4-12H,3,13-16H2,1-2H3,(H,21,23). The van der Waals surface area contributed by atoms with E-state index in [0.29, 0.717) is 13.0 Å². The first-order valence-corrected chi connectivity index (χ1v) is 10.6. The molecule has 1 amide bonds. The van der Waals surface area contributed by atoms with Crippen molar-refractivity contribution in [3.8, 4) is 0 Å². The third kappa shape index (κ3) is 6.61. The van der Waals surface area contributed by atoms with Crippen molar-refractivity contribution in [1.82, 2.24) is 4.31 Å². The quantitative estimate of drug-likeness (QED) is 0.733. The molecule has 0 aliphatic heterocycles. The lowest BCUT2D eigenvalue weighted by atomic mass is 10.1. The molecule has 26 heavy (non-hydrogen) atoms. The Morgan fingerprint density at radius 2 is 1.62 bits per heavy atom. The van der Waals surface area contributed by atoms with Crippen LogP contribution in [0.1, 0.15) is 24.5 Å². The van der Waals surface area contributed by atoms with Gasteiger partial charge < -0.3 is 5.32 Å². The maximum atomic E-state index is 12.1. The molecule has 0 saturated heterocycles. The van der Waals surface area contributed by atoms with Gasteiger partial charge in [0.15, 0.2) is 0 Å². The lowest BCUT2D eigenvalue weighted by molar-refractivity contribution is -0.116. The Bertz CT molecular complexity index is 803. The predicted molar refractivity (Wildman–Crippen MR) is 106 cm³/mol. The highest BCUT2D eigenvalue weighted by molar-refractivity contribution is 7.88. The van der Waals surface area contributed by atoms with Gasteiger partial charge in [-0.3, -0.25) is 4.79 Å². The summed E-state index contributed by atoms with van der Waals surface area (Å²) >= 11 is 0. The molecular formula is C20H26N2O3S. The largest absolute Gasteiger partial charge is 0.326 e. The number of rotatable bonds is 9. The van der Waals surface area contributed by atoms with E-state index >= 15 is 0 Å². The first-order chi connectivity index (χ1) is 12.4. The lowest BCUT2D eigenvalue weighted by Crippen LogP contribution is -2.34. The molecule has 0 fully saturated rings. The molecule has 0 heterocycles. The summed E-state index contributed by atoms with van der Waals surface area (Å²) in [6.45, 7) is 2.61. The van der Waals surface area contributed by atoms with Crippen molar-refractivity contribution in [3.63, 3.8) is 0 Å². The van der Waals surface area contributed by atoms with E-state index in [4.69, 9.17) is 0 Å². The van der Waals surface area contributed by atoms with Crippen LogP contribution in [-0.4, -0.2) is 38.0 Å². The number of anilines is 1. The molecule has 0 unspecified atom stereocenters. The Labute approximate surface area is 156 Å². The molecule has 0 radical (unpaired) electrons. The fourth-order valence-corrected chi connectivity index (χ4v) is 3.46. The zero-order valence-corrected chi connectivity index (χ0v) is 16.1. The number of benzene rings is 2. The molecule has 0 aliphatic carbocycles. The van der Waals surface area contributed by atoms with E-state index in [9.17, 15) is 13.2 Å². The minimum atomic E-state index is -3.36. The van der Waals surface area contributed by atoms with E-state index in [0.717, 1.165) is 17.7 Å². The van der Waals surface area contributed by atoms with Gasteiger partial charge in [0.05, 0.1) is 6.26 Å². The van der Waals surface area contributed by atoms with Crippen molar-refractivity contribution in [2.75, 3.05) is 24.7 Å². The van der Waals surface area contributed by atoms with Crippen LogP contribution in [0, 0.1) is 0 Å². The molecular weight excluding hydrogens is 348 g/mol. The van der Waals surface area contributed by atoms with Gasteiger partial charge in [-0.15, -0.1) is 0 Å². The molecule has 0 bridgehead atoms. The average Bonchev–Trinajstić information content (AvgIpc) is 2.62. The normalized spacial score (nSPS) is 11.5. The molecule has 1 N–H and O–H groups in total.